The van der Waals surface area contributed by atoms with Crippen molar-refractivity contribution in [3.63, 3.8) is 0 Å². The van der Waals surface area contributed by atoms with E-state index in [1.807, 2.05) is 23.1 Å². The molecule has 0 radical (unpaired) electrons. The quantitative estimate of drug-likeness (QED) is 0.856. The molecule has 0 saturated carbocycles. The van der Waals surface area contributed by atoms with Crippen LogP contribution in [0, 0.1) is 11.3 Å². The van der Waals surface area contributed by atoms with E-state index in [2.05, 4.69) is 31.1 Å². The predicted molar refractivity (Wildman–Crippen MR) is 90.3 cm³/mol. The first-order valence-electron chi connectivity index (χ1n) is 7.69. The van der Waals surface area contributed by atoms with E-state index in [9.17, 15) is 4.79 Å². The molecule has 1 aliphatic rings. The van der Waals surface area contributed by atoms with Crippen molar-refractivity contribution in [1.82, 2.24) is 4.90 Å². The van der Waals surface area contributed by atoms with E-state index in [1.54, 1.807) is 24.3 Å². The van der Waals surface area contributed by atoms with Crippen LogP contribution in [0.1, 0.15) is 33.9 Å². The molecule has 1 unspecified atom stereocenters. The molecule has 116 valence electrons. The van der Waals surface area contributed by atoms with Gasteiger partial charge in [-0.15, -0.1) is 0 Å². The van der Waals surface area contributed by atoms with E-state index in [0.717, 1.165) is 12.1 Å². The minimum atomic E-state index is -0.0493. The highest BCUT2D eigenvalue weighted by atomic mass is 16.2. The van der Waals surface area contributed by atoms with Crippen LogP contribution in [0.25, 0.3) is 0 Å². The highest BCUT2D eigenvalue weighted by Crippen LogP contribution is 2.36. The van der Waals surface area contributed by atoms with Gasteiger partial charge in [0.15, 0.2) is 0 Å². The summed E-state index contributed by atoms with van der Waals surface area (Å²) < 4.78 is 0. The molecule has 0 fully saturated rings. The van der Waals surface area contributed by atoms with Crippen molar-refractivity contribution >= 4 is 11.6 Å². The summed E-state index contributed by atoms with van der Waals surface area (Å²) in [6.07, 6.45) is 0.897. The van der Waals surface area contributed by atoms with Gasteiger partial charge in [-0.3, -0.25) is 4.79 Å². The second-order valence-corrected chi connectivity index (χ2v) is 5.98. The summed E-state index contributed by atoms with van der Waals surface area (Å²) in [5, 5.41) is 9.03. The minimum absolute atomic E-state index is 0.0493. The number of carbonyl (C=O) groups excluding carboxylic acids is 1. The van der Waals surface area contributed by atoms with Gasteiger partial charge in [-0.1, -0.05) is 24.3 Å². The van der Waals surface area contributed by atoms with Gasteiger partial charge in [0.2, 0.25) is 0 Å². The van der Waals surface area contributed by atoms with Crippen molar-refractivity contribution in [2.75, 3.05) is 25.5 Å². The zero-order chi connectivity index (χ0) is 16.4. The summed E-state index contributed by atoms with van der Waals surface area (Å²) in [6.45, 7) is 0.676. The van der Waals surface area contributed by atoms with Gasteiger partial charge in [0.1, 0.15) is 0 Å². The largest absolute Gasteiger partial charge is 0.308 e. The van der Waals surface area contributed by atoms with Gasteiger partial charge in [-0.05, 0) is 50.3 Å². The Hall–Kier alpha value is -2.64. The van der Waals surface area contributed by atoms with Gasteiger partial charge in [-0.25, -0.2) is 0 Å². The average molecular weight is 305 g/mol. The number of nitrogens with zero attached hydrogens (tertiary/aromatic N) is 3. The Kier molecular flexibility index (Phi) is 4.14. The second kappa shape index (κ2) is 6.23. The van der Waals surface area contributed by atoms with Crippen LogP contribution in [0.15, 0.2) is 48.5 Å². The maximum absolute atomic E-state index is 12.9. The van der Waals surface area contributed by atoms with E-state index in [1.165, 1.54) is 5.56 Å². The third-order valence-electron chi connectivity index (χ3n) is 4.32. The summed E-state index contributed by atoms with van der Waals surface area (Å²) in [5.74, 6) is -0.0493. The first-order valence-corrected chi connectivity index (χ1v) is 7.69. The number of nitriles is 1. The number of carbonyl (C=O) groups is 1. The Morgan fingerprint density at radius 3 is 2.74 bits per heavy atom. The van der Waals surface area contributed by atoms with Crippen LogP contribution in [0.5, 0.6) is 0 Å². The Morgan fingerprint density at radius 2 is 2.00 bits per heavy atom. The number of fused-ring (bicyclic) bond motifs is 1. The Morgan fingerprint density at radius 1 is 1.22 bits per heavy atom. The average Bonchev–Trinajstić information content (AvgIpc) is 2.60. The van der Waals surface area contributed by atoms with Crippen molar-refractivity contribution < 1.29 is 4.79 Å². The molecule has 1 heterocycles. The fraction of sp³-hybridized carbons (Fsp3) is 0.263. The monoisotopic (exact) mass is 305 g/mol. The third kappa shape index (κ3) is 2.84. The Bertz CT molecular complexity index is 776. The molecule has 0 aromatic heterocycles. The number of rotatable bonds is 2. The molecular formula is C19H19N3O. The van der Waals surface area contributed by atoms with Gasteiger partial charge >= 0.3 is 0 Å². The Labute approximate surface area is 136 Å². The normalized spacial score (nSPS) is 16.8. The zero-order valence-electron chi connectivity index (χ0n) is 13.4. The Balaban J connectivity index is 1.99. The third-order valence-corrected chi connectivity index (χ3v) is 4.32. The SMILES string of the molecule is CN(C)C1CCN(C(=O)c2cccc(C#N)c2)c2ccccc21. The van der Waals surface area contributed by atoms with Crippen LogP contribution < -0.4 is 4.90 Å². The maximum atomic E-state index is 12.9. The summed E-state index contributed by atoms with van der Waals surface area (Å²) in [5.41, 5.74) is 3.20. The van der Waals surface area contributed by atoms with Crippen LogP contribution in [0.3, 0.4) is 0 Å². The highest BCUT2D eigenvalue weighted by molar-refractivity contribution is 6.07. The standard InChI is InChI=1S/C19H19N3O/c1-21(2)17-10-11-22(18-9-4-3-8-16(17)18)19(23)15-7-5-6-14(12-15)13-20/h3-9,12,17H,10-11H2,1-2H3. The number of amides is 1. The maximum Gasteiger partial charge on any atom is 0.258 e. The van der Waals surface area contributed by atoms with Crippen molar-refractivity contribution in [3.05, 3.63) is 65.2 Å². The fourth-order valence-corrected chi connectivity index (χ4v) is 3.17. The fourth-order valence-electron chi connectivity index (χ4n) is 3.17. The van der Waals surface area contributed by atoms with E-state index >= 15 is 0 Å². The lowest BCUT2D eigenvalue weighted by Gasteiger charge is -2.37. The molecule has 23 heavy (non-hydrogen) atoms. The molecule has 1 atom stereocenters. The molecule has 0 aliphatic carbocycles. The molecule has 3 rings (SSSR count). The molecule has 4 nitrogen and oxygen atoms in total. The molecule has 0 saturated heterocycles. The van der Waals surface area contributed by atoms with Gasteiger partial charge < -0.3 is 9.80 Å². The van der Waals surface area contributed by atoms with Gasteiger partial charge in [0, 0.05) is 23.8 Å². The van der Waals surface area contributed by atoms with Gasteiger partial charge in [-0.2, -0.15) is 5.26 Å². The van der Waals surface area contributed by atoms with E-state index in [-0.39, 0.29) is 5.91 Å². The van der Waals surface area contributed by atoms with Crippen LogP contribution in [0.4, 0.5) is 5.69 Å². The van der Waals surface area contributed by atoms with Crippen molar-refractivity contribution in [3.8, 4) is 6.07 Å². The topological polar surface area (TPSA) is 47.3 Å². The number of para-hydroxylation sites is 1. The molecule has 2 aromatic carbocycles. The zero-order valence-corrected chi connectivity index (χ0v) is 13.4. The summed E-state index contributed by atoms with van der Waals surface area (Å²) in [6, 6.07) is 17.4. The van der Waals surface area contributed by atoms with Crippen molar-refractivity contribution in [2.24, 2.45) is 0 Å². The van der Waals surface area contributed by atoms with E-state index < -0.39 is 0 Å². The summed E-state index contributed by atoms with van der Waals surface area (Å²) in [7, 11) is 4.13. The lowest BCUT2D eigenvalue weighted by molar-refractivity contribution is 0.0980. The second-order valence-electron chi connectivity index (χ2n) is 5.98. The van der Waals surface area contributed by atoms with Crippen LogP contribution in [0.2, 0.25) is 0 Å². The molecule has 1 amide bonds. The molecule has 0 spiro atoms. The van der Waals surface area contributed by atoms with Gasteiger partial charge in [0.05, 0.1) is 11.6 Å². The molecule has 4 heteroatoms. The summed E-state index contributed by atoms with van der Waals surface area (Å²) >= 11 is 0. The van der Waals surface area contributed by atoms with Crippen LogP contribution >= 0.6 is 0 Å². The molecule has 1 aliphatic heterocycles. The lowest BCUT2D eigenvalue weighted by atomic mass is 9.95. The van der Waals surface area contributed by atoms with Crippen LogP contribution in [-0.2, 0) is 0 Å². The lowest BCUT2D eigenvalue weighted by Crippen LogP contribution is -2.39. The molecule has 0 N–H and O–H groups in total. The minimum Gasteiger partial charge on any atom is -0.308 e. The first kappa shape index (κ1) is 15.3. The van der Waals surface area contributed by atoms with Crippen LogP contribution in [-0.4, -0.2) is 31.4 Å². The van der Waals surface area contributed by atoms with Crippen molar-refractivity contribution in [2.45, 2.75) is 12.5 Å². The molecule has 2 aromatic rings. The number of benzene rings is 2. The number of hydrogen-bond donors (Lipinski definition) is 0. The van der Waals surface area contributed by atoms with E-state index in [4.69, 9.17) is 5.26 Å². The van der Waals surface area contributed by atoms with Gasteiger partial charge in [0.25, 0.3) is 5.91 Å². The smallest absolute Gasteiger partial charge is 0.258 e. The predicted octanol–water partition coefficient (Wildman–Crippen LogP) is 3.21. The molecule has 0 bridgehead atoms. The first-order chi connectivity index (χ1) is 11.1. The highest BCUT2D eigenvalue weighted by Gasteiger charge is 2.29. The van der Waals surface area contributed by atoms with E-state index in [0.29, 0.717) is 23.7 Å². The summed E-state index contributed by atoms with van der Waals surface area (Å²) in [4.78, 5) is 16.9. The molecular weight excluding hydrogens is 286 g/mol. The number of hydrogen-bond acceptors (Lipinski definition) is 3. The number of anilines is 1. The van der Waals surface area contributed by atoms with Crippen molar-refractivity contribution in [1.29, 1.82) is 5.26 Å².